The van der Waals surface area contributed by atoms with Gasteiger partial charge < -0.3 is 10.1 Å². The Bertz CT molecular complexity index is 1020. The van der Waals surface area contributed by atoms with Gasteiger partial charge in [0.25, 0.3) is 0 Å². The maximum Gasteiger partial charge on any atom is 0.231 e. The molecule has 1 N–H and O–H groups in total. The Morgan fingerprint density at radius 2 is 1.93 bits per heavy atom. The van der Waals surface area contributed by atoms with E-state index in [1.807, 2.05) is 37.3 Å². The van der Waals surface area contributed by atoms with Gasteiger partial charge in [0, 0.05) is 24.3 Å². The molecule has 1 saturated heterocycles. The lowest BCUT2D eigenvalue weighted by Gasteiger charge is -2.36. The number of hydrogen-bond acceptors (Lipinski definition) is 4. The van der Waals surface area contributed by atoms with Gasteiger partial charge in [0.05, 0.1) is 17.5 Å². The smallest absolute Gasteiger partial charge is 0.231 e. The number of para-hydroxylation sites is 1. The summed E-state index contributed by atoms with van der Waals surface area (Å²) in [6.45, 7) is 3.09. The zero-order chi connectivity index (χ0) is 19.6. The van der Waals surface area contributed by atoms with E-state index in [9.17, 15) is 9.18 Å². The standard InChI is InChI=1S/C22H22FN3O2/c1-15-18-7-2-3-8-19(18)26-20(25-15)14-24-21(27)22(9-11-28-12-10-22)16-5-4-6-17(23)13-16/h2-8,13H,9-12,14H2,1H3,(H,24,27). The summed E-state index contributed by atoms with van der Waals surface area (Å²) in [6, 6.07) is 14.1. The molecule has 1 aliphatic rings. The minimum absolute atomic E-state index is 0.143. The summed E-state index contributed by atoms with van der Waals surface area (Å²) in [5, 5.41) is 3.98. The number of nitrogens with one attached hydrogen (secondary N) is 1. The molecule has 0 bridgehead atoms. The third-order valence-electron chi connectivity index (χ3n) is 5.41. The number of ether oxygens (including phenoxy) is 1. The lowest BCUT2D eigenvalue weighted by atomic mass is 9.73. The molecule has 2 aromatic carbocycles. The molecule has 1 aliphatic heterocycles. The fourth-order valence-electron chi connectivity index (χ4n) is 3.86. The molecule has 4 rings (SSSR count). The first kappa shape index (κ1) is 18.5. The quantitative estimate of drug-likeness (QED) is 0.754. The van der Waals surface area contributed by atoms with Crippen molar-refractivity contribution in [3.05, 3.63) is 71.4 Å². The van der Waals surface area contributed by atoms with Crippen molar-refractivity contribution in [1.82, 2.24) is 15.3 Å². The maximum atomic E-state index is 13.8. The molecule has 1 fully saturated rings. The van der Waals surface area contributed by atoms with Crippen LogP contribution in [0.1, 0.15) is 29.9 Å². The Balaban J connectivity index is 1.59. The minimum atomic E-state index is -0.799. The van der Waals surface area contributed by atoms with Gasteiger partial charge in [-0.15, -0.1) is 0 Å². The van der Waals surface area contributed by atoms with Gasteiger partial charge in [-0.3, -0.25) is 4.79 Å². The first-order chi connectivity index (χ1) is 13.6. The number of carbonyl (C=O) groups excluding carboxylic acids is 1. The highest BCUT2D eigenvalue weighted by Gasteiger charge is 2.41. The monoisotopic (exact) mass is 379 g/mol. The van der Waals surface area contributed by atoms with E-state index >= 15 is 0 Å². The number of nitrogens with zero attached hydrogens (tertiary/aromatic N) is 2. The van der Waals surface area contributed by atoms with Gasteiger partial charge >= 0.3 is 0 Å². The van der Waals surface area contributed by atoms with Crippen LogP contribution in [-0.2, 0) is 21.5 Å². The van der Waals surface area contributed by atoms with Gasteiger partial charge in [-0.05, 0) is 43.5 Å². The van der Waals surface area contributed by atoms with E-state index in [2.05, 4.69) is 15.3 Å². The van der Waals surface area contributed by atoms with Crippen molar-refractivity contribution in [1.29, 1.82) is 0 Å². The second kappa shape index (κ2) is 7.64. The van der Waals surface area contributed by atoms with Crippen LogP contribution in [0.5, 0.6) is 0 Å². The largest absolute Gasteiger partial charge is 0.381 e. The van der Waals surface area contributed by atoms with E-state index < -0.39 is 5.41 Å². The molecule has 144 valence electrons. The number of aromatic nitrogens is 2. The lowest BCUT2D eigenvalue weighted by Crippen LogP contribution is -2.48. The van der Waals surface area contributed by atoms with Crippen LogP contribution in [0.4, 0.5) is 4.39 Å². The van der Waals surface area contributed by atoms with Crippen LogP contribution in [0.25, 0.3) is 10.9 Å². The fraction of sp³-hybridized carbons (Fsp3) is 0.318. The maximum absolute atomic E-state index is 13.8. The van der Waals surface area contributed by atoms with Crippen molar-refractivity contribution >= 4 is 16.8 Å². The van der Waals surface area contributed by atoms with Crippen LogP contribution < -0.4 is 5.32 Å². The van der Waals surface area contributed by atoms with E-state index in [4.69, 9.17) is 4.74 Å². The fourth-order valence-corrected chi connectivity index (χ4v) is 3.86. The summed E-state index contributed by atoms with van der Waals surface area (Å²) in [5.41, 5.74) is 1.61. The molecule has 1 amide bonds. The molecular weight excluding hydrogens is 357 g/mol. The van der Waals surface area contributed by atoms with E-state index in [-0.39, 0.29) is 18.3 Å². The van der Waals surface area contributed by atoms with Crippen molar-refractivity contribution < 1.29 is 13.9 Å². The normalized spacial score (nSPS) is 16.1. The van der Waals surface area contributed by atoms with Gasteiger partial charge in [0.1, 0.15) is 11.6 Å². The topological polar surface area (TPSA) is 64.1 Å². The number of halogens is 1. The molecule has 0 unspecified atom stereocenters. The highest BCUT2D eigenvalue weighted by Crippen LogP contribution is 2.35. The predicted octanol–water partition coefficient (Wildman–Crippen LogP) is 3.44. The second-order valence-corrected chi connectivity index (χ2v) is 7.13. The van der Waals surface area contributed by atoms with Gasteiger partial charge in [0.2, 0.25) is 5.91 Å². The SMILES string of the molecule is Cc1nc(CNC(=O)C2(c3cccc(F)c3)CCOCC2)nc2ccccc12. The molecule has 2 heterocycles. The Morgan fingerprint density at radius 1 is 1.14 bits per heavy atom. The molecule has 0 aliphatic carbocycles. The van der Waals surface area contributed by atoms with Gasteiger partial charge in [0.15, 0.2) is 0 Å². The van der Waals surface area contributed by atoms with E-state index in [0.717, 1.165) is 16.6 Å². The van der Waals surface area contributed by atoms with E-state index in [1.165, 1.54) is 12.1 Å². The first-order valence-corrected chi connectivity index (χ1v) is 9.43. The van der Waals surface area contributed by atoms with E-state index in [0.29, 0.717) is 37.4 Å². The number of hydrogen-bond donors (Lipinski definition) is 1. The van der Waals surface area contributed by atoms with Crippen molar-refractivity contribution in [2.75, 3.05) is 13.2 Å². The van der Waals surface area contributed by atoms with Crippen LogP contribution in [0, 0.1) is 12.7 Å². The number of fused-ring (bicyclic) bond motifs is 1. The highest BCUT2D eigenvalue weighted by atomic mass is 19.1. The number of benzene rings is 2. The minimum Gasteiger partial charge on any atom is -0.381 e. The summed E-state index contributed by atoms with van der Waals surface area (Å²) in [4.78, 5) is 22.3. The van der Waals surface area contributed by atoms with Crippen molar-refractivity contribution in [3.8, 4) is 0 Å². The van der Waals surface area contributed by atoms with Crippen LogP contribution in [0.3, 0.4) is 0 Å². The Morgan fingerprint density at radius 3 is 2.71 bits per heavy atom. The van der Waals surface area contributed by atoms with Crippen molar-refractivity contribution in [2.24, 2.45) is 0 Å². The van der Waals surface area contributed by atoms with Gasteiger partial charge in [-0.1, -0.05) is 30.3 Å². The summed E-state index contributed by atoms with van der Waals surface area (Å²) in [7, 11) is 0. The van der Waals surface area contributed by atoms with Crippen LogP contribution in [-0.4, -0.2) is 29.1 Å². The summed E-state index contributed by atoms with van der Waals surface area (Å²) >= 11 is 0. The number of rotatable bonds is 4. The predicted molar refractivity (Wildman–Crippen MR) is 104 cm³/mol. The average molecular weight is 379 g/mol. The number of carbonyl (C=O) groups is 1. The van der Waals surface area contributed by atoms with Crippen molar-refractivity contribution in [2.45, 2.75) is 31.7 Å². The van der Waals surface area contributed by atoms with Gasteiger partial charge in [-0.25, -0.2) is 14.4 Å². The summed E-state index contributed by atoms with van der Waals surface area (Å²) < 4.78 is 19.3. The molecule has 1 aromatic heterocycles. The zero-order valence-corrected chi connectivity index (χ0v) is 15.7. The first-order valence-electron chi connectivity index (χ1n) is 9.43. The van der Waals surface area contributed by atoms with Crippen molar-refractivity contribution in [3.63, 3.8) is 0 Å². The Kier molecular flexibility index (Phi) is 5.05. The molecule has 0 atom stereocenters. The molecule has 5 nitrogen and oxygen atoms in total. The molecule has 0 radical (unpaired) electrons. The summed E-state index contributed by atoms with van der Waals surface area (Å²) in [6.07, 6.45) is 1.03. The zero-order valence-electron chi connectivity index (χ0n) is 15.7. The van der Waals surface area contributed by atoms with Crippen LogP contribution in [0.15, 0.2) is 48.5 Å². The Labute approximate surface area is 163 Å². The number of amides is 1. The van der Waals surface area contributed by atoms with Crippen LogP contribution >= 0.6 is 0 Å². The molecule has 28 heavy (non-hydrogen) atoms. The van der Waals surface area contributed by atoms with Crippen LogP contribution in [0.2, 0.25) is 0 Å². The third kappa shape index (κ3) is 3.47. The Hall–Kier alpha value is -2.86. The molecule has 6 heteroatoms. The molecule has 0 saturated carbocycles. The molecule has 0 spiro atoms. The van der Waals surface area contributed by atoms with Gasteiger partial charge in [-0.2, -0.15) is 0 Å². The second-order valence-electron chi connectivity index (χ2n) is 7.13. The summed E-state index contributed by atoms with van der Waals surface area (Å²) in [5.74, 6) is 0.0754. The lowest BCUT2D eigenvalue weighted by molar-refractivity contribution is -0.130. The molecule has 3 aromatic rings. The average Bonchev–Trinajstić information content (AvgIpc) is 2.72. The molecular formula is C22H22FN3O2. The number of aryl methyl sites for hydroxylation is 1. The van der Waals surface area contributed by atoms with E-state index in [1.54, 1.807) is 6.07 Å². The highest BCUT2D eigenvalue weighted by molar-refractivity contribution is 5.88. The third-order valence-corrected chi connectivity index (χ3v) is 5.41.